The van der Waals surface area contributed by atoms with Crippen molar-refractivity contribution in [3.8, 4) is 0 Å². The summed E-state index contributed by atoms with van der Waals surface area (Å²) in [5, 5.41) is 12.1. The number of nitrogens with two attached hydrogens (primary N) is 1. The third kappa shape index (κ3) is 2.10. The summed E-state index contributed by atoms with van der Waals surface area (Å²) in [6.45, 7) is 3.60. The van der Waals surface area contributed by atoms with Crippen LogP contribution in [0.5, 0.6) is 0 Å². The molecular formula is C8H16N2O3. The van der Waals surface area contributed by atoms with E-state index in [1.807, 2.05) is 6.92 Å². The van der Waals surface area contributed by atoms with Gasteiger partial charge in [-0.15, -0.1) is 0 Å². The zero-order chi connectivity index (χ0) is 10.0. The van der Waals surface area contributed by atoms with Crippen molar-refractivity contribution in [1.82, 2.24) is 5.32 Å². The third-order valence-corrected chi connectivity index (χ3v) is 2.25. The van der Waals surface area contributed by atoms with Gasteiger partial charge in [-0.1, -0.05) is 6.92 Å². The average Bonchev–Trinajstić information content (AvgIpc) is 2.46. The Morgan fingerprint density at radius 1 is 1.77 bits per heavy atom. The van der Waals surface area contributed by atoms with Crippen molar-refractivity contribution in [2.24, 2.45) is 5.73 Å². The van der Waals surface area contributed by atoms with Gasteiger partial charge >= 0.3 is 6.09 Å². The topological polar surface area (TPSA) is 84.6 Å². The van der Waals surface area contributed by atoms with Crippen molar-refractivity contribution in [3.63, 3.8) is 0 Å². The fourth-order valence-corrected chi connectivity index (χ4v) is 1.43. The second-order valence-corrected chi connectivity index (χ2v) is 3.37. The first-order valence-electron chi connectivity index (χ1n) is 4.47. The number of ether oxygens (including phenoxy) is 1. The monoisotopic (exact) mass is 188 g/mol. The fourth-order valence-electron chi connectivity index (χ4n) is 1.43. The van der Waals surface area contributed by atoms with Crippen LogP contribution in [0.3, 0.4) is 0 Å². The lowest BCUT2D eigenvalue weighted by atomic mass is 9.99. The Labute approximate surface area is 77.2 Å². The van der Waals surface area contributed by atoms with Crippen LogP contribution in [0.4, 0.5) is 4.79 Å². The Bertz CT molecular complexity index is 196. The van der Waals surface area contributed by atoms with Crippen molar-refractivity contribution in [2.45, 2.75) is 44.6 Å². The quantitative estimate of drug-likeness (QED) is 0.561. The zero-order valence-electron chi connectivity index (χ0n) is 7.86. The minimum atomic E-state index is -0.644. The number of amides is 1. The number of hydrogen-bond donors (Lipinski definition) is 3. The van der Waals surface area contributed by atoms with Crippen molar-refractivity contribution >= 4 is 6.09 Å². The van der Waals surface area contributed by atoms with Crippen molar-refractivity contribution in [1.29, 1.82) is 0 Å². The number of carbonyl (C=O) groups is 1. The lowest BCUT2D eigenvalue weighted by Gasteiger charge is -2.23. The second kappa shape index (κ2) is 3.93. The van der Waals surface area contributed by atoms with E-state index in [4.69, 9.17) is 10.5 Å². The molecule has 1 heterocycles. The number of cyclic esters (lactones) is 1. The van der Waals surface area contributed by atoms with E-state index in [9.17, 15) is 9.90 Å². The molecule has 1 aliphatic rings. The Hall–Kier alpha value is -0.810. The number of aliphatic hydroxyl groups is 1. The zero-order valence-corrected chi connectivity index (χ0v) is 7.86. The molecule has 1 saturated heterocycles. The molecule has 1 amide bonds. The van der Waals surface area contributed by atoms with E-state index in [1.165, 1.54) is 0 Å². The van der Waals surface area contributed by atoms with E-state index in [1.54, 1.807) is 6.92 Å². The van der Waals surface area contributed by atoms with Crippen LogP contribution >= 0.6 is 0 Å². The van der Waals surface area contributed by atoms with E-state index in [0.717, 1.165) is 0 Å². The van der Waals surface area contributed by atoms with Crippen LogP contribution in [0.25, 0.3) is 0 Å². The molecule has 76 valence electrons. The molecule has 4 N–H and O–H groups in total. The van der Waals surface area contributed by atoms with Crippen molar-refractivity contribution in [2.75, 3.05) is 0 Å². The molecule has 5 heteroatoms. The Kier molecular flexibility index (Phi) is 3.11. The molecule has 4 atom stereocenters. The van der Waals surface area contributed by atoms with Crippen molar-refractivity contribution in [3.05, 3.63) is 0 Å². The minimum absolute atomic E-state index is 0.224. The molecule has 0 bridgehead atoms. The van der Waals surface area contributed by atoms with Gasteiger partial charge in [0.1, 0.15) is 0 Å². The molecule has 0 aromatic carbocycles. The highest BCUT2D eigenvalue weighted by atomic mass is 16.6. The summed E-state index contributed by atoms with van der Waals surface area (Å²) in [7, 11) is 0. The van der Waals surface area contributed by atoms with E-state index < -0.39 is 18.3 Å². The standard InChI is InChI=1S/C8H16N2O3/c1-3-5(11)7-6(4(2)9)10-8(12)13-7/h4-7,11H,3,9H2,1-2H3,(H,10,12)/t4-,5-,6?,7-/m1/s1. The molecule has 0 aromatic heterocycles. The molecule has 1 aliphatic heterocycles. The highest BCUT2D eigenvalue weighted by Gasteiger charge is 2.40. The number of alkyl carbamates (subject to hydrolysis) is 1. The van der Waals surface area contributed by atoms with Crippen LogP contribution in [0.15, 0.2) is 0 Å². The van der Waals surface area contributed by atoms with Gasteiger partial charge in [0, 0.05) is 6.04 Å². The van der Waals surface area contributed by atoms with E-state index in [0.29, 0.717) is 6.42 Å². The van der Waals surface area contributed by atoms with Gasteiger partial charge < -0.3 is 20.9 Å². The molecule has 1 unspecified atom stereocenters. The summed E-state index contributed by atoms with van der Waals surface area (Å²) >= 11 is 0. The fraction of sp³-hybridized carbons (Fsp3) is 0.875. The summed E-state index contributed by atoms with van der Waals surface area (Å²) in [5.41, 5.74) is 5.64. The molecule has 1 fully saturated rings. The molecule has 5 nitrogen and oxygen atoms in total. The average molecular weight is 188 g/mol. The summed E-state index contributed by atoms with van der Waals surface area (Å²) in [4.78, 5) is 10.9. The molecular weight excluding hydrogens is 172 g/mol. The Balaban J connectivity index is 2.65. The maximum Gasteiger partial charge on any atom is 0.407 e. The first-order chi connectivity index (χ1) is 6.06. The molecule has 1 rings (SSSR count). The molecule has 13 heavy (non-hydrogen) atoms. The smallest absolute Gasteiger partial charge is 0.407 e. The van der Waals surface area contributed by atoms with E-state index >= 15 is 0 Å². The van der Waals surface area contributed by atoms with Gasteiger partial charge in [-0.3, -0.25) is 0 Å². The number of nitrogens with one attached hydrogen (secondary N) is 1. The molecule has 0 saturated carbocycles. The van der Waals surface area contributed by atoms with E-state index in [2.05, 4.69) is 5.32 Å². The summed E-state index contributed by atoms with van der Waals surface area (Å²) < 4.78 is 4.91. The summed E-state index contributed by atoms with van der Waals surface area (Å²) in [6, 6.07) is -0.514. The number of hydrogen-bond acceptors (Lipinski definition) is 4. The minimum Gasteiger partial charge on any atom is -0.441 e. The van der Waals surface area contributed by atoms with Crippen LogP contribution in [0.1, 0.15) is 20.3 Å². The lowest BCUT2D eigenvalue weighted by Crippen LogP contribution is -2.49. The number of carbonyl (C=O) groups excluding carboxylic acids is 1. The van der Waals surface area contributed by atoms with Gasteiger partial charge in [-0.25, -0.2) is 4.79 Å². The Morgan fingerprint density at radius 2 is 2.38 bits per heavy atom. The third-order valence-electron chi connectivity index (χ3n) is 2.25. The predicted molar refractivity (Wildman–Crippen MR) is 47.1 cm³/mol. The lowest BCUT2D eigenvalue weighted by molar-refractivity contribution is 0.0145. The van der Waals surface area contributed by atoms with Crippen LogP contribution in [0, 0.1) is 0 Å². The predicted octanol–water partition coefficient (Wildman–Crippen LogP) is -0.418. The maximum absolute atomic E-state index is 10.9. The molecule has 0 aliphatic carbocycles. The van der Waals surface area contributed by atoms with Gasteiger partial charge in [0.15, 0.2) is 6.10 Å². The van der Waals surface area contributed by atoms with Crippen LogP contribution < -0.4 is 11.1 Å². The first kappa shape index (κ1) is 10.3. The molecule has 0 spiro atoms. The van der Waals surface area contributed by atoms with Crippen LogP contribution in [-0.2, 0) is 4.74 Å². The highest BCUT2D eigenvalue weighted by molar-refractivity contribution is 5.70. The number of aliphatic hydroxyl groups excluding tert-OH is 1. The Morgan fingerprint density at radius 3 is 2.85 bits per heavy atom. The van der Waals surface area contributed by atoms with Gasteiger partial charge in [0.05, 0.1) is 12.1 Å². The van der Waals surface area contributed by atoms with Gasteiger partial charge in [0.2, 0.25) is 0 Å². The highest BCUT2D eigenvalue weighted by Crippen LogP contribution is 2.16. The molecule has 0 aromatic rings. The first-order valence-corrected chi connectivity index (χ1v) is 4.47. The van der Waals surface area contributed by atoms with Crippen LogP contribution in [0.2, 0.25) is 0 Å². The van der Waals surface area contributed by atoms with E-state index in [-0.39, 0.29) is 12.1 Å². The van der Waals surface area contributed by atoms with Crippen LogP contribution in [-0.4, -0.2) is 35.5 Å². The second-order valence-electron chi connectivity index (χ2n) is 3.37. The number of rotatable bonds is 3. The summed E-state index contributed by atoms with van der Waals surface area (Å²) in [6.07, 6.45) is -1.12. The largest absolute Gasteiger partial charge is 0.441 e. The molecule has 0 radical (unpaired) electrons. The van der Waals surface area contributed by atoms with Gasteiger partial charge in [0.25, 0.3) is 0 Å². The van der Waals surface area contributed by atoms with Gasteiger partial charge in [-0.05, 0) is 13.3 Å². The maximum atomic E-state index is 10.9. The SMILES string of the molecule is CC[C@@H](O)[C@H]1OC(=O)NC1[C@@H](C)N. The van der Waals surface area contributed by atoms with Crippen molar-refractivity contribution < 1.29 is 14.6 Å². The normalized spacial score (nSPS) is 32.2. The van der Waals surface area contributed by atoms with Gasteiger partial charge in [-0.2, -0.15) is 0 Å². The summed E-state index contributed by atoms with van der Waals surface area (Å²) in [5.74, 6) is 0.